The first kappa shape index (κ1) is 11.2. The average Bonchev–Trinajstić information content (AvgIpc) is 2.83. The lowest BCUT2D eigenvalue weighted by molar-refractivity contribution is 0.363. The number of aromatic nitrogens is 2. The van der Waals surface area contributed by atoms with E-state index in [4.69, 9.17) is 0 Å². The molecule has 2 atom stereocenters. The third kappa shape index (κ3) is 2.27. The van der Waals surface area contributed by atoms with Gasteiger partial charge in [0.15, 0.2) is 0 Å². The van der Waals surface area contributed by atoms with Crippen molar-refractivity contribution in [2.75, 3.05) is 0 Å². The van der Waals surface area contributed by atoms with E-state index in [1.165, 1.54) is 12.0 Å². The highest BCUT2D eigenvalue weighted by Crippen LogP contribution is 2.44. The van der Waals surface area contributed by atoms with E-state index < -0.39 is 0 Å². The molecule has 0 amide bonds. The van der Waals surface area contributed by atoms with Crippen LogP contribution in [0.4, 0.5) is 0 Å². The second-order valence-electron chi connectivity index (χ2n) is 5.26. The van der Waals surface area contributed by atoms with Gasteiger partial charge in [0.2, 0.25) is 0 Å². The Kier molecular flexibility index (Phi) is 3.00. The fraction of sp³-hybridized carbons (Fsp3) is 0.692. The lowest BCUT2D eigenvalue weighted by atomic mass is 9.81. The second-order valence-corrected chi connectivity index (χ2v) is 5.26. The molecule has 86 valence electrons. The summed E-state index contributed by atoms with van der Waals surface area (Å²) in [5, 5.41) is 13.5. The summed E-state index contributed by atoms with van der Waals surface area (Å²) in [7, 11) is 1.93. The first-order chi connectivity index (χ1) is 7.63. The molecule has 1 aliphatic rings. The topological polar surface area (TPSA) is 41.6 Å². The molecule has 1 heterocycles. The van der Waals surface area contributed by atoms with E-state index in [0.717, 1.165) is 25.7 Å². The Morgan fingerprint density at radius 1 is 1.69 bits per heavy atom. The molecule has 1 fully saturated rings. The zero-order valence-electron chi connectivity index (χ0n) is 10.1. The van der Waals surface area contributed by atoms with Gasteiger partial charge in [-0.05, 0) is 43.6 Å². The summed E-state index contributed by atoms with van der Waals surface area (Å²) in [6, 6.07) is 2.56. The number of hydrogen-bond acceptors (Lipinski definition) is 2. The number of aryl methyl sites for hydroxylation is 2. The molecule has 0 spiro atoms. The van der Waals surface area contributed by atoms with E-state index in [9.17, 15) is 5.26 Å². The van der Waals surface area contributed by atoms with Crippen molar-refractivity contribution >= 4 is 0 Å². The Morgan fingerprint density at radius 2 is 2.50 bits per heavy atom. The molecule has 1 aromatic heterocycles. The van der Waals surface area contributed by atoms with E-state index in [0.29, 0.717) is 5.92 Å². The summed E-state index contributed by atoms with van der Waals surface area (Å²) in [5.41, 5.74) is 1.19. The number of nitriles is 1. The molecular formula is C13H19N3. The Bertz CT molecular complexity index is 402. The summed E-state index contributed by atoms with van der Waals surface area (Å²) in [6.45, 7) is 2.25. The fourth-order valence-electron chi connectivity index (χ4n) is 2.76. The lowest BCUT2D eigenvalue weighted by Crippen LogP contribution is -2.15. The summed E-state index contributed by atoms with van der Waals surface area (Å²) < 4.78 is 1.83. The minimum absolute atomic E-state index is 0.0603. The summed E-state index contributed by atoms with van der Waals surface area (Å²) in [4.78, 5) is 0. The van der Waals surface area contributed by atoms with Crippen LogP contribution in [0.15, 0.2) is 12.4 Å². The molecule has 1 saturated carbocycles. The van der Waals surface area contributed by atoms with Crippen LogP contribution in [0, 0.1) is 22.7 Å². The Balaban J connectivity index is 1.96. The van der Waals surface area contributed by atoms with Crippen LogP contribution >= 0.6 is 0 Å². The highest BCUT2D eigenvalue weighted by atomic mass is 15.2. The quantitative estimate of drug-likeness (QED) is 0.781. The van der Waals surface area contributed by atoms with Gasteiger partial charge in [0, 0.05) is 13.2 Å². The molecule has 3 nitrogen and oxygen atoms in total. The van der Waals surface area contributed by atoms with Crippen molar-refractivity contribution in [3.63, 3.8) is 0 Å². The predicted molar refractivity (Wildman–Crippen MR) is 62.6 cm³/mol. The van der Waals surface area contributed by atoms with Gasteiger partial charge in [-0.2, -0.15) is 10.4 Å². The normalized spacial score (nSPS) is 29.2. The SMILES string of the molecule is CC1CCC(C#N)(CCc2cnn(C)c2)C1. The highest BCUT2D eigenvalue weighted by Gasteiger charge is 2.37. The van der Waals surface area contributed by atoms with E-state index in [1.54, 1.807) is 0 Å². The van der Waals surface area contributed by atoms with Crippen LogP contribution in [0.5, 0.6) is 0 Å². The number of hydrogen-bond donors (Lipinski definition) is 0. The van der Waals surface area contributed by atoms with Crippen LogP contribution in [0.2, 0.25) is 0 Å². The van der Waals surface area contributed by atoms with Crippen LogP contribution in [0.3, 0.4) is 0 Å². The van der Waals surface area contributed by atoms with E-state index >= 15 is 0 Å². The molecular weight excluding hydrogens is 198 g/mol. The molecule has 2 rings (SSSR count). The fourth-order valence-corrected chi connectivity index (χ4v) is 2.76. The van der Waals surface area contributed by atoms with Crippen LogP contribution < -0.4 is 0 Å². The standard InChI is InChI=1S/C13H19N3/c1-11-3-5-13(7-11,10-14)6-4-12-8-15-16(2)9-12/h8-9,11H,3-7H2,1-2H3. The Hall–Kier alpha value is -1.30. The zero-order chi connectivity index (χ0) is 11.6. The van der Waals surface area contributed by atoms with Crippen LogP contribution in [0.1, 0.15) is 38.2 Å². The van der Waals surface area contributed by atoms with Gasteiger partial charge in [-0.25, -0.2) is 0 Å². The van der Waals surface area contributed by atoms with Crippen molar-refractivity contribution < 1.29 is 0 Å². The third-order valence-electron chi connectivity index (χ3n) is 3.74. The van der Waals surface area contributed by atoms with E-state index in [-0.39, 0.29) is 5.41 Å². The smallest absolute Gasteiger partial charge is 0.0689 e. The maximum Gasteiger partial charge on any atom is 0.0689 e. The minimum atomic E-state index is -0.0603. The summed E-state index contributed by atoms with van der Waals surface area (Å²) >= 11 is 0. The maximum absolute atomic E-state index is 9.35. The van der Waals surface area contributed by atoms with Gasteiger partial charge in [-0.3, -0.25) is 4.68 Å². The zero-order valence-corrected chi connectivity index (χ0v) is 10.1. The van der Waals surface area contributed by atoms with Gasteiger partial charge in [-0.1, -0.05) is 6.92 Å². The average molecular weight is 217 g/mol. The first-order valence-electron chi connectivity index (χ1n) is 6.02. The molecule has 2 unspecified atom stereocenters. The van der Waals surface area contributed by atoms with Crippen LogP contribution in [0.25, 0.3) is 0 Å². The van der Waals surface area contributed by atoms with Gasteiger partial charge >= 0.3 is 0 Å². The monoisotopic (exact) mass is 217 g/mol. The molecule has 0 aromatic carbocycles. The van der Waals surface area contributed by atoms with E-state index in [1.807, 2.05) is 24.1 Å². The van der Waals surface area contributed by atoms with Crippen molar-refractivity contribution in [3.8, 4) is 6.07 Å². The molecule has 3 heteroatoms. The number of rotatable bonds is 3. The van der Waals surface area contributed by atoms with Crippen molar-refractivity contribution in [1.82, 2.24) is 9.78 Å². The Morgan fingerprint density at radius 3 is 3.00 bits per heavy atom. The van der Waals surface area contributed by atoms with Crippen molar-refractivity contribution in [2.24, 2.45) is 18.4 Å². The molecule has 1 aliphatic carbocycles. The van der Waals surface area contributed by atoms with Gasteiger partial charge in [-0.15, -0.1) is 0 Å². The maximum atomic E-state index is 9.35. The lowest BCUT2D eigenvalue weighted by Gasteiger charge is -2.19. The molecule has 16 heavy (non-hydrogen) atoms. The molecule has 0 radical (unpaired) electrons. The van der Waals surface area contributed by atoms with Crippen molar-refractivity contribution in [1.29, 1.82) is 5.26 Å². The van der Waals surface area contributed by atoms with Gasteiger partial charge < -0.3 is 0 Å². The molecule has 0 bridgehead atoms. The molecule has 0 saturated heterocycles. The van der Waals surface area contributed by atoms with Crippen molar-refractivity contribution in [2.45, 2.75) is 39.0 Å². The summed E-state index contributed by atoms with van der Waals surface area (Å²) in [6.07, 6.45) is 9.27. The molecule has 0 N–H and O–H groups in total. The first-order valence-corrected chi connectivity index (χ1v) is 6.02. The Labute approximate surface area is 97.1 Å². The highest BCUT2D eigenvalue weighted by molar-refractivity contribution is 5.09. The largest absolute Gasteiger partial charge is 0.276 e. The third-order valence-corrected chi connectivity index (χ3v) is 3.74. The van der Waals surface area contributed by atoms with Crippen molar-refractivity contribution in [3.05, 3.63) is 18.0 Å². The predicted octanol–water partition coefficient (Wildman–Crippen LogP) is 2.68. The van der Waals surface area contributed by atoms with Gasteiger partial charge in [0.05, 0.1) is 17.7 Å². The minimum Gasteiger partial charge on any atom is -0.276 e. The van der Waals surface area contributed by atoms with Crippen LogP contribution in [-0.4, -0.2) is 9.78 Å². The molecule has 1 aromatic rings. The second kappa shape index (κ2) is 4.29. The van der Waals surface area contributed by atoms with Crippen LogP contribution in [-0.2, 0) is 13.5 Å². The number of nitrogens with zero attached hydrogens (tertiary/aromatic N) is 3. The molecule has 0 aliphatic heterocycles. The van der Waals surface area contributed by atoms with Gasteiger partial charge in [0.1, 0.15) is 0 Å². The van der Waals surface area contributed by atoms with E-state index in [2.05, 4.69) is 18.1 Å². The summed E-state index contributed by atoms with van der Waals surface area (Å²) in [5.74, 6) is 0.716. The van der Waals surface area contributed by atoms with Gasteiger partial charge in [0.25, 0.3) is 0 Å².